The Bertz CT molecular complexity index is 483. The largest absolute Gasteiger partial charge is 0.257 e. The zero-order valence-electron chi connectivity index (χ0n) is 9.66. The van der Waals surface area contributed by atoms with Crippen molar-refractivity contribution in [3.63, 3.8) is 0 Å². The van der Waals surface area contributed by atoms with Crippen molar-refractivity contribution in [2.24, 2.45) is 4.99 Å². The van der Waals surface area contributed by atoms with Crippen molar-refractivity contribution in [3.8, 4) is 0 Å². The Morgan fingerprint density at radius 2 is 1.47 bits per heavy atom. The van der Waals surface area contributed by atoms with Gasteiger partial charge < -0.3 is 0 Å². The summed E-state index contributed by atoms with van der Waals surface area (Å²) >= 11 is 0. The Balaban J connectivity index is 1.85. The first kappa shape index (κ1) is 11.3. The van der Waals surface area contributed by atoms with E-state index in [9.17, 15) is 0 Å². The second kappa shape index (κ2) is 6.44. The van der Waals surface area contributed by atoms with Gasteiger partial charge in [0.15, 0.2) is 0 Å². The van der Waals surface area contributed by atoms with Gasteiger partial charge >= 0.3 is 0 Å². The summed E-state index contributed by atoms with van der Waals surface area (Å²) in [5.41, 5.74) is 2.30. The molecule has 0 amide bonds. The summed E-state index contributed by atoms with van der Waals surface area (Å²) in [7, 11) is 0. The Kier molecular flexibility index (Phi) is 4.29. The van der Waals surface area contributed by atoms with E-state index >= 15 is 0 Å². The fraction of sp³-hybridized carbons (Fsp3) is 0.0625. The topological polar surface area (TPSA) is 12.4 Å². The Hall–Kier alpha value is -2.15. The number of para-hydroxylation sites is 1. The van der Waals surface area contributed by atoms with Gasteiger partial charge in [0.25, 0.3) is 0 Å². The van der Waals surface area contributed by atoms with Crippen LogP contribution in [-0.4, -0.2) is 6.21 Å². The third-order valence-corrected chi connectivity index (χ3v) is 2.40. The third-order valence-electron chi connectivity index (χ3n) is 2.40. The van der Waals surface area contributed by atoms with E-state index in [0.29, 0.717) is 0 Å². The highest BCUT2D eigenvalue weighted by Crippen LogP contribution is 2.08. The van der Waals surface area contributed by atoms with Crippen LogP contribution in [0.1, 0.15) is 5.56 Å². The number of hydrogen-bond acceptors (Lipinski definition) is 1. The molecule has 0 N–H and O–H groups in total. The molecule has 0 spiro atoms. The van der Waals surface area contributed by atoms with Crippen molar-refractivity contribution in [2.75, 3.05) is 0 Å². The summed E-state index contributed by atoms with van der Waals surface area (Å²) in [4.78, 5) is 4.33. The molecule has 0 fully saturated rings. The van der Waals surface area contributed by atoms with Gasteiger partial charge in [-0.15, -0.1) is 0 Å². The molecule has 0 saturated heterocycles. The van der Waals surface area contributed by atoms with Crippen LogP contribution in [0.15, 0.2) is 77.8 Å². The lowest BCUT2D eigenvalue weighted by Gasteiger charge is -1.93. The molecule has 0 unspecified atom stereocenters. The zero-order valence-corrected chi connectivity index (χ0v) is 9.66. The van der Waals surface area contributed by atoms with Gasteiger partial charge in [-0.05, 0) is 30.2 Å². The van der Waals surface area contributed by atoms with Crippen LogP contribution in [0.3, 0.4) is 0 Å². The maximum absolute atomic E-state index is 4.33. The summed E-state index contributed by atoms with van der Waals surface area (Å²) in [6.07, 6.45) is 6.88. The van der Waals surface area contributed by atoms with Gasteiger partial charge in [0, 0.05) is 6.21 Å². The molecular formula is C16H15N. The standard InChI is InChI=1S/C16H15N/c1-3-9-15(10-4-1)11-7-8-14-17-16-12-5-2-6-13-16/h1-10,12-14H,11H2/b8-7+,17-14?. The maximum Gasteiger partial charge on any atom is 0.0629 e. The minimum atomic E-state index is 0.946. The van der Waals surface area contributed by atoms with Gasteiger partial charge in [0.2, 0.25) is 0 Å². The minimum Gasteiger partial charge on any atom is -0.257 e. The predicted octanol–water partition coefficient (Wildman–Crippen LogP) is 4.19. The highest BCUT2D eigenvalue weighted by molar-refractivity contribution is 5.74. The summed E-state index contributed by atoms with van der Waals surface area (Å²) in [5.74, 6) is 0. The van der Waals surface area contributed by atoms with Crippen molar-refractivity contribution in [2.45, 2.75) is 6.42 Å². The highest BCUT2D eigenvalue weighted by atomic mass is 14.7. The van der Waals surface area contributed by atoms with E-state index in [1.54, 1.807) is 0 Å². The molecule has 0 aromatic heterocycles. The van der Waals surface area contributed by atoms with Gasteiger partial charge in [-0.2, -0.15) is 0 Å². The first-order valence-electron chi connectivity index (χ1n) is 5.73. The van der Waals surface area contributed by atoms with Crippen molar-refractivity contribution in [3.05, 3.63) is 78.4 Å². The smallest absolute Gasteiger partial charge is 0.0629 e. The van der Waals surface area contributed by atoms with Crippen molar-refractivity contribution >= 4 is 11.9 Å². The Labute approximate surface area is 102 Å². The van der Waals surface area contributed by atoms with Gasteiger partial charge in [0.05, 0.1) is 5.69 Å². The summed E-state index contributed by atoms with van der Waals surface area (Å²) < 4.78 is 0. The van der Waals surface area contributed by atoms with Crippen LogP contribution in [0, 0.1) is 0 Å². The number of benzene rings is 2. The lowest BCUT2D eigenvalue weighted by atomic mass is 10.1. The molecule has 0 saturated carbocycles. The molecule has 0 aliphatic heterocycles. The molecule has 84 valence electrons. The molecule has 1 nitrogen and oxygen atoms in total. The van der Waals surface area contributed by atoms with Crippen LogP contribution in [0.5, 0.6) is 0 Å². The average molecular weight is 221 g/mol. The van der Waals surface area contributed by atoms with E-state index < -0.39 is 0 Å². The molecule has 2 rings (SSSR count). The second-order valence-corrected chi connectivity index (χ2v) is 3.73. The van der Waals surface area contributed by atoms with Crippen molar-refractivity contribution < 1.29 is 0 Å². The van der Waals surface area contributed by atoms with Crippen molar-refractivity contribution in [1.82, 2.24) is 0 Å². The molecular weight excluding hydrogens is 206 g/mol. The molecule has 2 aromatic carbocycles. The van der Waals surface area contributed by atoms with Crippen molar-refractivity contribution in [1.29, 1.82) is 0 Å². The maximum atomic E-state index is 4.33. The molecule has 17 heavy (non-hydrogen) atoms. The number of allylic oxidation sites excluding steroid dienone is 2. The third kappa shape index (κ3) is 4.07. The first-order chi connectivity index (χ1) is 8.45. The van der Waals surface area contributed by atoms with Crippen LogP contribution in [0.4, 0.5) is 5.69 Å². The summed E-state index contributed by atoms with van der Waals surface area (Å²) in [5, 5.41) is 0. The molecule has 0 aliphatic rings. The van der Waals surface area contributed by atoms with Crippen LogP contribution in [0.25, 0.3) is 0 Å². The van der Waals surface area contributed by atoms with Crippen LogP contribution < -0.4 is 0 Å². The van der Waals surface area contributed by atoms with E-state index in [4.69, 9.17) is 0 Å². The normalized spacial score (nSPS) is 11.3. The Morgan fingerprint density at radius 3 is 2.18 bits per heavy atom. The van der Waals surface area contributed by atoms with E-state index in [2.05, 4.69) is 35.3 Å². The van der Waals surface area contributed by atoms with E-state index in [1.807, 2.05) is 48.7 Å². The lowest BCUT2D eigenvalue weighted by molar-refractivity contribution is 1.27. The Morgan fingerprint density at radius 1 is 0.824 bits per heavy atom. The SMILES string of the molecule is C(/C=C/Cc1ccccc1)=Nc1ccccc1. The minimum absolute atomic E-state index is 0.946. The van der Waals surface area contributed by atoms with E-state index in [0.717, 1.165) is 12.1 Å². The summed E-state index contributed by atoms with van der Waals surface area (Å²) in [6.45, 7) is 0. The van der Waals surface area contributed by atoms with E-state index in [1.165, 1.54) is 5.56 Å². The van der Waals surface area contributed by atoms with Crippen LogP contribution >= 0.6 is 0 Å². The average Bonchev–Trinajstić information content (AvgIpc) is 2.41. The number of rotatable bonds is 4. The number of nitrogens with zero attached hydrogens (tertiary/aromatic N) is 1. The van der Waals surface area contributed by atoms with Gasteiger partial charge in [-0.25, -0.2) is 0 Å². The van der Waals surface area contributed by atoms with Crippen LogP contribution in [0.2, 0.25) is 0 Å². The molecule has 0 bridgehead atoms. The zero-order chi connectivity index (χ0) is 11.8. The van der Waals surface area contributed by atoms with E-state index in [-0.39, 0.29) is 0 Å². The fourth-order valence-corrected chi connectivity index (χ4v) is 1.52. The van der Waals surface area contributed by atoms with Gasteiger partial charge in [-0.3, -0.25) is 4.99 Å². The van der Waals surface area contributed by atoms with Gasteiger partial charge in [0.1, 0.15) is 0 Å². The lowest BCUT2D eigenvalue weighted by Crippen LogP contribution is -1.78. The quantitative estimate of drug-likeness (QED) is 0.686. The first-order valence-corrected chi connectivity index (χ1v) is 5.73. The summed E-state index contributed by atoms with van der Waals surface area (Å²) in [6, 6.07) is 20.3. The van der Waals surface area contributed by atoms with Crippen LogP contribution in [-0.2, 0) is 6.42 Å². The molecule has 0 heterocycles. The monoisotopic (exact) mass is 221 g/mol. The second-order valence-electron chi connectivity index (χ2n) is 3.73. The van der Waals surface area contributed by atoms with Gasteiger partial charge in [-0.1, -0.05) is 54.6 Å². The number of hydrogen-bond donors (Lipinski definition) is 0. The molecule has 0 radical (unpaired) electrons. The highest BCUT2D eigenvalue weighted by Gasteiger charge is 1.84. The molecule has 2 aromatic rings. The molecule has 0 atom stereocenters. The molecule has 0 aliphatic carbocycles. The molecule has 1 heteroatoms. The predicted molar refractivity (Wildman–Crippen MR) is 73.9 cm³/mol. The number of aliphatic imine (C=N–C) groups is 1. The fourth-order valence-electron chi connectivity index (χ4n) is 1.52.